The lowest BCUT2D eigenvalue weighted by Gasteiger charge is -2.07. The molecule has 0 atom stereocenters. The van der Waals surface area contributed by atoms with Crippen molar-refractivity contribution < 1.29 is 4.79 Å². The highest BCUT2D eigenvalue weighted by atomic mass is 35.5. The zero-order valence-electron chi connectivity index (χ0n) is 10.7. The van der Waals surface area contributed by atoms with Gasteiger partial charge in [0.1, 0.15) is 5.82 Å². The van der Waals surface area contributed by atoms with Crippen molar-refractivity contribution in [2.75, 3.05) is 11.1 Å². The number of nitrogens with one attached hydrogen (secondary N) is 1. The molecule has 0 bridgehead atoms. The molecule has 0 fully saturated rings. The molecule has 5 heteroatoms. The Morgan fingerprint density at radius 1 is 1.26 bits per heavy atom. The summed E-state index contributed by atoms with van der Waals surface area (Å²) in [7, 11) is 0. The lowest BCUT2D eigenvalue weighted by Crippen LogP contribution is -2.13. The van der Waals surface area contributed by atoms with Crippen molar-refractivity contribution in [1.29, 1.82) is 0 Å². The number of carbonyl (C=O) groups is 1. The largest absolute Gasteiger partial charge is 0.397 e. The van der Waals surface area contributed by atoms with E-state index in [0.29, 0.717) is 22.1 Å². The van der Waals surface area contributed by atoms with E-state index in [1.54, 1.807) is 24.3 Å². The van der Waals surface area contributed by atoms with E-state index >= 15 is 0 Å². The minimum Gasteiger partial charge on any atom is -0.397 e. The van der Waals surface area contributed by atoms with Crippen LogP contribution in [0, 0.1) is 13.8 Å². The van der Waals surface area contributed by atoms with Crippen LogP contribution in [0.3, 0.4) is 0 Å². The Labute approximate surface area is 116 Å². The summed E-state index contributed by atoms with van der Waals surface area (Å²) in [5, 5.41) is 3.27. The highest BCUT2D eigenvalue weighted by Gasteiger charge is 2.09. The fourth-order valence-corrected chi connectivity index (χ4v) is 1.74. The molecule has 0 aliphatic carbocycles. The molecular formula is C14H14ClN3O. The van der Waals surface area contributed by atoms with Crippen LogP contribution in [-0.2, 0) is 0 Å². The number of rotatable bonds is 2. The molecule has 0 spiro atoms. The maximum atomic E-state index is 12.0. The van der Waals surface area contributed by atoms with Gasteiger partial charge in [-0.2, -0.15) is 0 Å². The van der Waals surface area contributed by atoms with Crippen molar-refractivity contribution in [3.63, 3.8) is 0 Å². The van der Waals surface area contributed by atoms with Gasteiger partial charge in [-0.25, -0.2) is 4.98 Å². The molecule has 0 saturated heterocycles. The normalized spacial score (nSPS) is 10.3. The van der Waals surface area contributed by atoms with Crippen LogP contribution in [0.2, 0.25) is 5.02 Å². The first-order chi connectivity index (χ1) is 8.97. The molecule has 0 saturated carbocycles. The molecule has 4 nitrogen and oxygen atoms in total. The first-order valence-corrected chi connectivity index (χ1v) is 6.15. The van der Waals surface area contributed by atoms with Crippen LogP contribution in [0.4, 0.5) is 11.5 Å². The van der Waals surface area contributed by atoms with Gasteiger partial charge in [0.25, 0.3) is 5.91 Å². The van der Waals surface area contributed by atoms with E-state index < -0.39 is 0 Å². The third kappa shape index (κ3) is 3.03. The third-order valence-electron chi connectivity index (χ3n) is 2.83. The maximum Gasteiger partial charge on any atom is 0.256 e. The summed E-state index contributed by atoms with van der Waals surface area (Å²) in [5.41, 5.74) is 8.56. The molecule has 1 aromatic carbocycles. The molecule has 3 N–H and O–H groups in total. The van der Waals surface area contributed by atoms with Gasteiger partial charge in [-0.05, 0) is 43.2 Å². The van der Waals surface area contributed by atoms with Gasteiger partial charge < -0.3 is 11.1 Å². The second-order valence-corrected chi connectivity index (χ2v) is 4.75. The van der Waals surface area contributed by atoms with E-state index in [-0.39, 0.29) is 5.91 Å². The molecule has 1 amide bonds. The number of nitrogens with two attached hydrogens (primary N) is 1. The number of hydrogen-bond acceptors (Lipinski definition) is 3. The first-order valence-electron chi connectivity index (χ1n) is 5.77. The van der Waals surface area contributed by atoms with Gasteiger partial charge in [-0.3, -0.25) is 4.79 Å². The number of aromatic nitrogens is 1. The quantitative estimate of drug-likeness (QED) is 0.884. The number of hydrogen-bond donors (Lipinski definition) is 2. The minimum atomic E-state index is -0.251. The van der Waals surface area contributed by atoms with Gasteiger partial charge in [-0.15, -0.1) is 0 Å². The highest BCUT2D eigenvalue weighted by Crippen LogP contribution is 2.18. The Bertz CT molecular complexity index is 641. The predicted octanol–water partition coefficient (Wildman–Crippen LogP) is 3.19. The molecule has 2 aromatic rings. The lowest BCUT2D eigenvalue weighted by molar-refractivity contribution is 0.102. The number of pyridine rings is 1. The van der Waals surface area contributed by atoms with E-state index in [9.17, 15) is 4.79 Å². The SMILES string of the molecule is Cc1cc(NC(=O)c2ccc(C)c(Cl)c2)ncc1N. The van der Waals surface area contributed by atoms with Crippen molar-refractivity contribution in [2.24, 2.45) is 0 Å². The minimum absolute atomic E-state index is 0.251. The average molecular weight is 276 g/mol. The summed E-state index contributed by atoms with van der Waals surface area (Å²) in [4.78, 5) is 16.1. The van der Waals surface area contributed by atoms with E-state index in [4.69, 9.17) is 17.3 Å². The van der Waals surface area contributed by atoms with Crippen LogP contribution >= 0.6 is 11.6 Å². The van der Waals surface area contributed by atoms with Crippen molar-refractivity contribution in [1.82, 2.24) is 4.98 Å². The number of halogens is 1. The second kappa shape index (κ2) is 5.28. The average Bonchev–Trinajstić information content (AvgIpc) is 2.37. The standard InChI is InChI=1S/C14H14ClN3O/c1-8-3-4-10(6-11(8)15)14(19)18-13-5-9(2)12(16)7-17-13/h3-7H,16H2,1-2H3,(H,17,18,19). The molecule has 0 aliphatic rings. The Hall–Kier alpha value is -2.07. The van der Waals surface area contributed by atoms with E-state index in [0.717, 1.165) is 11.1 Å². The van der Waals surface area contributed by atoms with E-state index in [1.807, 2.05) is 13.8 Å². The Morgan fingerprint density at radius 3 is 2.63 bits per heavy atom. The second-order valence-electron chi connectivity index (χ2n) is 4.34. The topological polar surface area (TPSA) is 68.0 Å². The van der Waals surface area contributed by atoms with Crippen LogP contribution in [0.1, 0.15) is 21.5 Å². The summed E-state index contributed by atoms with van der Waals surface area (Å²) in [6, 6.07) is 6.89. The van der Waals surface area contributed by atoms with Crippen molar-refractivity contribution in [3.05, 3.63) is 52.2 Å². The van der Waals surface area contributed by atoms with Gasteiger partial charge in [0, 0.05) is 10.6 Å². The Morgan fingerprint density at radius 2 is 2.00 bits per heavy atom. The molecule has 2 rings (SSSR count). The zero-order chi connectivity index (χ0) is 14.0. The molecule has 1 heterocycles. The fraction of sp³-hybridized carbons (Fsp3) is 0.143. The van der Waals surface area contributed by atoms with Gasteiger partial charge >= 0.3 is 0 Å². The van der Waals surface area contributed by atoms with Crippen LogP contribution in [-0.4, -0.2) is 10.9 Å². The van der Waals surface area contributed by atoms with Gasteiger partial charge in [0.15, 0.2) is 0 Å². The monoisotopic (exact) mass is 275 g/mol. The lowest BCUT2D eigenvalue weighted by atomic mass is 10.1. The summed E-state index contributed by atoms with van der Waals surface area (Å²) in [5.74, 6) is 0.215. The number of nitrogen functional groups attached to an aromatic ring is 1. The Kier molecular flexibility index (Phi) is 3.71. The van der Waals surface area contributed by atoms with Gasteiger partial charge in [0.05, 0.1) is 11.9 Å². The number of nitrogens with zero attached hydrogens (tertiary/aromatic N) is 1. The summed E-state index contributed by atoms with van der Waals surface area (Å²) < 4.78 is 0. The van der Waals surface area contributed by atoms with Crippen LogP contribution in [0.25, 0.3) is 0 Å². The smallest absolute Gasteiger partial charge is 0.256 e. The van der Waals surface area contributed by atoms with Gasteiger partial charge in [-0.1, -0.05) is 17.7 Å². The summed E-state index contributed by atoms with van der Waals surface area (Å²) >= 11 is 5.99. The zero-order valence-corrected chi connectivity index (χ0v) is 11.5. The van der Waals surface area contributed by atoms with E-state index in [2.05, 4.69) is 10.3 Å². The molecule has 0 unspecified atom stereocenters. The summed E-state index contributed by atoms with van der Waals surface area (Å²) in [6.45, 7) is 3.74. The predicted molar refractivity (Wildman–Crippen MR) is 77.5 cm³/mol. The first kappa shape index (κ1) is 13.4. The molecule has 1 aromatic heterocycles. The summed E-state index contributed by atoms with van der Waals surface area (Å²) in [6.07, 6.45) is 1.52. The number of amides is 1. The van der Waals surface area contributed by atoms with Crippen LogP contribution in [0.5, 0.6) is 0 Å². The number of anilines is 2. The molecular weight excluding hydrogens is 262 g/mol. The number of aryl methyl sites for hydroxylation is 2. The highest BCUT2D eigenvalue weighted by molar-refractivity contribution is 6.31. The fourth-order valence-electron chi connectivity index (χ4n) is 1.56. The molecule has 19 heavy (non-hydrogen) atoms. The molecule has 98 valence electrons. The van der Waals surface area contributed by atoms with Crippen LogP contribution < -0.4 is 11.1 Å². The molecule has 0 radical (unpaired) electrons. The molecule has 0 aliphatic heterocycles. The van der Waals surface area contributed by atoms with Crippen molar-refractivity contribution >= 4 is 29.0 Å². The Balaban J connectivity index is 2.20. The van der Waals surface area contributed by atoms with Crippen molar-refractivity contribution in [2.45, 2.75) is 13.8 Å². The third-order valence-corrected chi connectivity index (χ3v) is 3.23. The van der Waals surface area contributed by atoms with Gasteiger partial charge in [0.2, 0.25) is 0 Å². The van der Waals surface area contributed by atoms with E-state index in [1.165, 1.54) is 6.20 Å². The maximum absolute atomic E-state index is 12.0. The number of carbonyl (C=O) groups excluding carboxylic acids is 1. The van der Waals surface area contributed by atoms with Crippen molar-refractivity contribution in [3.8, 4) is 0 Å². The van der Waals surface area contributed by atoms with Crippen LogP contribution in [0.15, 0.2) is 30.5 Å². The number of benzene rings is 1.